The van der Waals surface area contributed by atoms with Crippen LogP contribution in [0.15, 0.2) is 24.3 Å². The first kappa shape index (κ1) is 15.8. The highest BCUT2D eigenvalue weighted by molar-refractivity contribution is 5.80. The van der Waals surface area contributed by atoms with Crippen molar-refractivity contribution in [2.24, 2.45) is 11.7 Å². The summed E-state index contributed by atoms with van der Waals surface area (Å²) in [7, 11) is 1.65. The average molecular weight is 290 g/mol. The van der Waals surface area contributed by atoms with E-state index in [1.54, 1.807) is 7.11 Å². The van der Waals surface area contributed by atoms with E-state index in [1.165, 1.54) is 6.42 Å². The molecular formula is C17H26N2O2. The molecule has 1 saturated carbocycles. The molecule has 3 atom stereocenters. The Morgan fingerprint density at radius 2 is 2.00 bits per heavy atom. The van der Waals surface area contributed by atoms with Crippen LogP contribution in [0.5, 0.6) is 5.75 Å². The van der Waals surface area contributed by atoms with Crippen LogP contribution in [0.4, 0.5) is 0 Å². The van der Waals surface area contributed by atoms with Gasteiger partial charge in [-0.1, -0.05) is 37.5 Å². The molecule has 116 valence electrons. The molecule has 0 saturated heterocycles. The molecular weight excluding hydrogens is 264 g/mol. The van der Waals surface area contributed by atoms with Gasteiger partial charge in [0.1, 0.15) is 5.75 Å². The van der Waals surface area contributed by atoms with Crippen LogP contribution in [-0.2, 0) is 4.79 Å². The lowest BCUT2D eigenvalue weighted by atomic mass is 9.94. The van der Waals surface area contributed by atoms with Crippen LogP contribution in [0.1, 0.15) is 50.6 Å². The molecule has 1 aliphatic rings. The van der Waals surface area contributed by atoms with Crippen molar-refractivity contribution in [3.05, 3.63) is 29.8 Å². The van der Waals surface area contributed by atoms with Crippen molar-refractivity contribution in [1.29, 1.82) is 0 Å². The quantitative estimate of drug-likeness (QED) is 0.838. The molecule has 3 N–H and O–H groups in total. The van der Waals surface area contributed by atoms with Gasteiger partial charge in [0.25, 0.3) is 0 Å². The number of para-hydroxylation sites is 1. The number of hydrogen-bond donors (Lipinski definition) is 2. The standard InChI is InChI=1S/C17H26N2O2/c1-12(13-8-6-7-11-16(13)21-2)19-17(20)14-9-4-3-5-10-15(14)18/h6-8,11-12,14-15H,3-5,9-10,18H2,1-2H3,(H,19,20). The first-order valence-electron chi connectivity index (χ1n) is 7.82. The maximum atomic E-state index is 12.5. The highest BCUT2D eigenvalue weighted by atomic mass is 16.5. The van der Waals surface area contributed by atoms with Crippen molar-refractivity contribution >= 4 is 5.91 Å². The fraction of sp³-hybridized carbons (Fsp3) is 0.588. The minimum absolute atomic E-state index is 0.0163. The maximum Gasteiger partial charge on any atom is 0.225 e. The molecule has 0 bridgehead atoms. The number of hydrogen-bond acceptors (Lipinski definition) is 3. The lowest BCUT2D eigenvalue weighted by Gasteiger charge is -2.24. The summed E-state index contributed by atoms with van der Waals surface area (Å²) >= 11 is 0. The van der Waals surface area contributed by atoms with Gasteiger partial charge in [0.15, 0.2) is 0 Å². The van der Waals surface area contributed by atoms with Gasteiger partial charge in [-0.3, -0.25) is 4.79 Å². The Morgan fingerprint density at radius 1 is 1.29 bits per heavy atom. The Morgan fingerprint density at radius 3 is 2.76 bits per heavy atom. The van der Waals surface area contributed by atoms with E-state index in [2.05, 4.69) is 5.32 Å². The van der Waals surface area contributed by atoms with Crippen LogP contribution >= 0.6 is 0 Å². The third-order valence-electron chi connectivity index (χ3n) is 4.37. The monoisotopic (exact) mass is 290 g/mol. The number of carbonyl (C=O) groups is 1. The largest absolute Gasteiger partial charge is 0.496 e. The number of amides is 1. The lowest BCUT2D eigenvalue weighted by Crippen LogP contribution is -2.42. The zero-order valence-corrected chi connectivity index (χ0v) is 13.0. The van der Waals surface area contributed by atoms with Crippen LogP contribution in [0, 0.1) is 5.92 Å². The van der Waals surface area contributed by atoms with Crippen LogP contribution in [-0.4, -0.2) is 19.1 Å². The van der Waals surface area contributed by atoms with Crippen molar-refractivity contribution in [3.8, 4) is 5.75 Å². The summed E-state index contributed by atoms with van der Waals surface area (Å²) in [6.45, 7) is 1.98. The van der Waals surface area contributed by atoms with Crippen molar-refractivity contribution in [2.45, 2.75) is 51.1 Å². The average Bonchev–Trinajstić information content (AvgIpc) is 2.71. The number of carbonyl (C=O) groups excluding carboxylic acids is 1. The van der Waals surface area contributed by atoms with Crippen molar-refractivity contribution < 1.29 is 9.53 Å². The molecule has 4 nitrogen and oxygen atoms in total. The van der Waals surface area contributed by atoms with E-state index in [0.29, 0.717) is 0 Å². The summed E-state index contributed by atoms with van der Waals surface area (Å²) in [4.78, 5) is 12.5. The van der Waals surface area contributed by atoms with Gasteiger partial charge in [-0.2, -0.15) is 0 Å². The van der Waals surface area contributed by atoms with E-state index in [-0.39, 0.29) is 23.9 Å². The second kappa shape index (κ2) is 7.46. The zero-order chi connectivity index (χ0) is 15.2. The summed E-state index contributed by atoms with van der Waals surface area (Å²) < 4.78 is 5.36. The van der Waals surface area contributed by atoms with E-state index in [1.807, 2.05) is 31.2 Å². The van der Waals surface area contributed by atoms with E-state index in [4.69, 9.17) is 10.5 Å². The Kier molecular flexibility index (Phi) is 5.62. The normalized spacial score (nSPS) is 24.0. The first-order valence-corrected chi connectivity index (χ1v) is 7.82. The Balaban J connectivity index is 2.04. The van der Waals surface area contributed by atoms with Crippen molar-refractivity contribution in [1.82, 2.24) is 5.32 Å². The van der Waals surface area contributed by atoms with Crippen molar-refractivity contribution in [2.75, 3.05) is 7.11 Å². The molecule has 0 radical (unpaired) electrons. The highest BCUT2D eigenvalue weighted by Crippen LogP contribution is 2.26. The fourth-order valence-corrected chi connectivity index (χ4v) is 3.08. The predicted molar refractivity (Wildman–Crippen MR) is 84.1 cm³/mol. The van der Waals surface area contributed by atoms with Gasteiger partial charge in [0.2, 0.25) is 5.91 Å². The maximum absolute atomic E-state index is 12.5. The van der Waals surface area contributed by atoms with E-state index in [9.17, 15) is 4.79 Å². The van der Waals surface area contributed by atoms with Crippen LogP contribution in [0.25, 0.3) is 0 Å². The Labute approximate surface area is 127 Å². The number of rotatable bonds is 4. The third-order valence-corrected chi connectivity index (χ3v) is 4.37. The molecule has 1 aliphatic carbocycles. The highest BCUT2D eigenvalue weighted by Gasteiger charge is 2.28. The van der Waals surface area contributed by atoms with Crippen molar-refractivity contribution in [3.63, 3.8) is 0 Å². The molecule has 0 heterocycles. The Hall–Kier alpha value is -1.55. The molecule has 1 aromatic rings. The summed E-state index contributed by atoms with van der Waals surface area (Å²) in [6.07, 6.45) is 5.24. The van der Waals surface area contributed by atoms with Gasteiger partial charge >= 0.3 is 0 Å². The molecule has 3 unspecified atom stereocenters. The first-order chi connectivity index (χ1) is 10.1. The van der Waals surface area contributed by atoms with Gasteiger partial charge in [0, 0.05) is 11.6 Å². The van der Waals surface area contributed by atoms with Crippen LogP contribution in [0.2, 0.25) is 0 Å². The second-order valence-electron chi connectivity index (χ2n) is 5.88. The molecule has 0 aromatic heterocycles. The predicted octanol–water partition coefficient (Wildman–Crippen LogP) is 2.78. The van der Waals surface area contributed by atoms with Gasteiger partial charge in [0.05, 0.1) is 19.1 Å². The van der Waals surface area contributed by atoms with E-state index < -0.39 is 0 Å². The second-order valence-corrected chi connectivity index (χ2v) is 5.88. The SMILES string of the molecule is COc1ccccc1C(C)NC(=O)C1CCCCCC1N. The number of nitrogens with two attached hydrogens (primary N) is 1. The number of methoxy groups -OCH3 is 1. The zero-order valence-electron chi connectivity index (χ0n) is 13.0. The summed E-state index contributed by atoms with van der Waals surface area (Å²) in [6, 6.07) is 7.68. The number of ether oxygens (including phenoxy) is 1. The molecule has 2 rings (SSSR count). The molecule has 21 heavy (non-hydrogen) atoms. The van der Waals surface area contributed by atoms with Crippen LogP contribution in [0.3, 0.4) is 0 Å². The molecule has 0 aliphatic heterocycles. The van der Waals surface area contributed by atoms with E-state index >= 15 is 0 Å². The van der Waals surface area contributed by atoms with Gasteiger partial charge in [-0.05, 0) is 25.8 Å². The summed E-state index contributed by atoms with van der Waals surface area (Å²) in [5, 5.41) is 3.10. The van der Waals surface area contributed by atoms with Gasteiger partial charge < -0.3 is 15.8 Å². The summed E-state index contributed by atoms with van der Waals surface area (Å²) in [5.41, 5.74) is 7.16. The van der Waals surface area contributed by atoms with Gasteiger partial charge in [-0.15, -0.1) is 0 Å². The number of benzene rings is 1. The fourth-order valence-electron chi connectivity index (χ4n) is 3.08. The molecule has 1 aromatic carbocycles. The molecule has 1 fully saturated rings. The topological polar surface area (TPSA) is 64.3 Å². The number of nitrogens with one attached hydrogen (secondary N) is 1. The smallest absolute Gasteiger partial charge is 0.225 e. The minimum atomic E-state index is -0.0795. The third kappa shape index (κ3) is 3.97. The summed E-state index contributed by atoms with van der Waals surface area (Å²) in [5.74, 6) is 0.808. The lowest BCUT2D eigenvalue weighted by molar-refractivity contribution is -0.126. The van der Waals surface area contributed by atoms with E-state index in [0.717, 1.165) is 37.0 Å². The van der Waals surface area contributed by atoms with Crippen LogP contribution < -0.4 is 15.8 Å². The minimum Gasteiger partial charge on any atom is -0.496 e. The van der Waals surface area contributed by atoms with Gasteiger partial charge in [-0.25, -0.2) is 0 Å². The Bertz CT molecular complexity index is 476. The molecule has 4 heteroatoms. The molecule has 0 spiro atoms. The molecule has 1 amide bonds.